The molecule has 0 atom stereocenters. The van der Waals surface area contributed by atoms with Crippen LogP contribution in [0.1, 0.15) is 64.2 Å². The van der Waals surface area contributed by atoms with Crippen molar-refractivity contribution in [2.45, 2.75) is 64.2 Å². The van der Waals surface area contributed by atoms with Crippen LogP contribution in [0, 0.1) is 0 Å². The Kier molecular flexibility index (Phi) is 24.4. The number of carbonyl (C=O) groups excluding carboxylic acids is 2. The predicted molar refractivity (Wildman–Crippen MR) is 104 cm³/mol. The molecule has 5 N–H and O–H groups in total. The molecule has 0 aromatic rings. The molecule has 5 nitrogen and oxygen atoms in total. The second-order valence-electron chi connectivity index (χ2n) is 5.67. The lowest BCUT2D eigenvalue weighted by Crippen LogP contribution is -2.25. The van der Waals surface area contributed by atoms with Gasteiger partial charge in [0.1, 0.15) is 11.7 Å². The second-order valence-corrected chi connectivity index (χ2v) is 6.20. The molecule has 0 heterocycles. The van der Waals surface area contributed by atoms with Crippen LogP contribution in [-0.2, 0) is 9.59 Å². The van der Waals surface area contributed by atoms with Crippen LogP contribution in [0.15, 0.2) is 0 Å². The van der Waals surface area contributed by atoms with Gasteiger partial charge in [-0.25, -0.2) is 0 Å². The van der Waals surface area contributed by atoms with Crippen molar-refractivity contribution < 1.29 is 9.59 Å². The van der Waals surface area contributed by atoms with E-state index in [0.717, 1.165) is 58.0 Å². The second kappa shape index (κ2) is 22.6. The van der Waals surface area contributed by atoms with Gasteiger partial charge in [-0.1, -0.05) is 32.1 Å². The van der Waals surface area contributed by atoms with Gasteiger partial charge in [-0.3, -0.25) is 9.59 Å². The highest BCUT2D eigenvalue weighted by Gasteiger charge is 1.99. The summed E-state index contributed by atoms with van der Waals surface area (Å²) < 4.78 is 0. The number of nitrogens with two attached hydrogens (primary N) is 2. The summed E-state index contributed by atoms with van der Waals surface area (Å²) >= 11 is 10.7. The summed E-state index contributed by atoms with van der Waals surface area (Å²) in [5, 5.41) is 2.71. The number of rotatable bonds is 15. The van der Waals surface area contributed by atoms with Gasteiger partial charge in [0.25, 0.3) is 0 Å². The van der Waals surface area contributed by atoms with Crippen LogP contribution in [0.4, 0.5) is 0 Å². The first-order valence-corrected chi connectivity index (χ1v) is 9.99. The fraction of sp³-hybridized carbons (Fsp3) is 0.882. The molecule has 0 spiro atoms. The number of nitrogens with one attached hydrogen (secondary N) is 1. The maximum absolute atomic E-state index is 10.9. The summed E-state index contributed by atoms with van der Waals surface area (Å²) in [6.07, 6.45) is 10.5. The predicted octanol–water partition coefficient (Wildman–Crippen LogP) is 2.95. The summed E-state index contributed by atoms with van der Waals surface area (Å²) in [5.74, 6) is 0.163. The number of ketones is 1. The summed E-state index contributed by atoms with van der Waals surface area (Å²) in [7, 11) is 0. The van der Waals surface area contributed by atoms with E-state index < -0.39 is 0 Å². The Labute approximate surface area is 157 Å². The van der Waals surface area contributed by atoms with Crippen molar-refractivity contribution in [3.63, 3.8) is 0 Å². The Morgan fingerprint density at radius 3 is 1.71 bits per heavy atom. The third kappa shape index (κ3) is 23.9. The Hall–Kier alpha value is -0.360. The quantitative estimate of drug-likeness (QED) is 0.299. The van der Waals surface area contributed by atoms with E-state index in [0.29, 0.717) is 13.0 Å². The lowest BCUT2D eigenvalue weighted by molar-refractivity contribution is -0.119. The third-order valence-corrected chi connectivity index (χ3v) is 3.92. The summed E-state index contributed by atoms with van der Waals surface area (Å²) in [6, 6.07) is 0. The molecule has 0 bridgehead atoms. The standard InChI is InChI=1S/C11H19Cl2NO2.C6H16N2/c12-8-10(15)6-4-2-1-3-5-7-14-11(16)9-13;7-5-3-1-2-4-6-8/h1-9H2,(H,14,16);1-8H2. The molecule has 7 heteroatoms. The smallest absolute Gasteiger partial charge is 0.234 e. The molecule has 144 valence electrons. The van der Waals surface area contributed by atoms with Gasteiger partial charge in [0, 0.05) is 13.0 Å². The summed E-state index contributed by atoms with van der Waals surface area (Å²) in [4.78, 5) is 21.6. The van der Waals surface area contributed by atoms with Crippen molar-refractivity contribution in [3.05, 3.63) is 0 Å². The van der Waals surface area contributed by atoms with Crippen LogP contribution in [0.25, 0.3) is 0 Å². The van der Waals surface area contributed by atoms with E-state index in [9.17, 15) is 9.59 Å². The molecular weight excluding hydrogens is 349 g/mol. The first-order valence-electron chi connectivity index (χ1n) is 8.92. The molecule has 0 radical (unpaired) electrons. The van der Waals surface area contributed by atoms with Gasteiger partial charge < -0.3 is 16.8 Å². The first-order chi connectivity index (χ1) is 11.6. The zero-order chi connectivity index (χ0) is 18.5. The number of hydrogen-bond donors (Lipinski definition) is 3. The number of unbranched alkanes of at least 4 members (excludes halogenated alkanes) is 7. The molecule has 24 heavy (non-hydrogen) atoms. The highest BCUT2D eigenvalue weighted by molar-refractivity contribution is 6.27. The average Bonchev–Trinajstić information content (AvgIpc) is 2.61. The molecule has 0 unspecified atom stereocenters. The van der Waals surface area contributed by atoms with E-state index in [-0.39, 0.29) is 23.5 Å². The van der Waals surface area contributed by atoms with Crippen molar-refractivity contribution in [1.82, 2.24) is 5.32 Å². The Morgan fingerprint density at radius 1 is 0.708 bits per heavy atom. The molecule has 0 aromatic heterocycles. The minimum Gasteiger partial charge on any atom is -0.355 e. The highest BCUT2D eigenvalue weighted by atomic mass is 35.5. The van der Waals surface area contributed by atoms with Gasteiger partial charge in [0.05, 0.1) is 5.88 Å². The zero-order valence-corrected chi connectivity index (χ0v) is 16.3. The number of amides is 1. The highest BCUT2D eigenvalue weighted by Crippen LogP contribution is 2.05. The Balaban J connectivity index is 0. The maximum atomic E-state index is 10.9. The minimum atomic E-state index is -0.116. The number of halogens is 2. The molecular formula is C17H35Cl2N3O2. The van der Waals surface area contributed by atoms with Crippen molar-refractivity contribution in [1.29, 1.82) is 0 Å². The molecule has 0 saturated heterocycles. The van der Waals surface area contributed by atoms with Crippen LogP contribution < -0.4 is 16.8 Å². The summed E-state index contributed by atoms with van der Waals surface area (Å²) in [6.45, 7) is 2.33. The summed E-state index contributed by atoms with van der Waals surface area (Å²) in [5.41, 5.74) is 10.6. The van der Waals surface area contributed by atoms with Crippen molar-refractivity contribution >= 4 is 34.9 Å². The molecule has 0 fully saturated rings. The number of carbonyl (C=O) groups is 2. The normalized spacial score (nSPS) is 10.0. The maximum Gasteiger partial charge on any atom is 0.234 e. The van der Waals surface area contributed by atoms with Gasteiger partial charge in [-0.2, -0.15) is 0 Å². The first kappa shape index (κ1) is 25.9. The van der Waals surface area contributed by atoms with Crippen LogP contribution >= 0.6 is 23.2 Å². The van der Waals surface area contributed by atoms with E-state index in [1.807, 2.05) is 0 Å². The Bertz CT molecular complexity index is 265. The average molecular weight is 384 g/mol. The lowest BCUT2D eigenvalue weighted by atomic mass is 10.1. The fourth-order valence-electron chi connectivity index (χ4n) is 1.96. The molecule has 0 aliphatic heterocycles. The van der Waals surface area contributed by atoms with Crippen molar-refractivity contribution in [2.24, 2.45) is 11.5 Å². The van der Waals surface area contributed by atoms with Crippen molar-refractivity contribution in [3.8, 4) is 0 Å². The molecule has 0 rings (SSSR count). The van der Waals surface area contributed by atoms with Crippen LogP contribution in [0.5, 0.6) is 0 Å². The van der Waals surface area contributed by atoms with Gasteiger partial charge >= 0.3 is 0 Å². The molecule has 0 aromatic carbocycles. The monoisotopic (exact) mass is 383 g/mol. The van der Waals surface area contributed by atoms with Gasteiger partial charge in [0.2, 0.25) is 5.91 Å². The van der Waals surface area contributed by atoms with Crippen LogP contribution in [0.2, 0.25) is 0 Å². The fourth-order valence-corrected chi connectivity index (χ4v) is 2.19. The molecule has 0 aliphatic carbocycles. The zero-order valence-electron chi connectivity index (χ0n) is 14.8. The third-order valence-electron chi connectivity index (χ3n) is 3.38. The number of hydrogen-bond acceptors (Lipinski definition) is 4. The number of alkyl halides is 2. The van der Waals surface area contributed by atoms with Crippen molar-refractivity contribution in [2.75, 3.05) is 31.4 Å². The van der Waals surface area contributed by atoms with Crippen LogP contribution in [0.3, 0.4) is 0 Å². The van der Waals surface area contributed by atoms with E-state index in [1.54, 1.807) is 0 Å². The van der Waals surface area contributed by atoms with E-state index >= 15 is 0 Å². The topological polar surface area (TPSA) is 98.2 Å². The molecule has 0 saturated carbocycles. The SMILES string of the molecule is NCCCCCCN.O=C(CCl)CCCCCCCNC(=O)CCl. The van der Waals surface area contributed by atoms with E-state index in [4.69, 9.17) is 34.7 Å². The number of Topliss-reactive ketones (excluding diaryl/α,β-unsaturated/α-hetero) is 1. The molecule has 1 amide bonds. The van der Waals surface area contributed by atoms with Gasteiger partial charge in [-0.05, 0) is 38.8 Å². The molecule has 0 aliphatic rings. The van der Waals surface area contributed by atoms with Crippen LogP contribution in [-0.4, -0.2) is 43.1 Å². The van der Waals surface area contributed by atoms with E-state index in [2.05, 4.69) is 5.32 Å². The van der Waals surface area contributed by atoms with Gasteiger partial charge in [-0.15, -0.1) is 23.2 Å². The van der Waals surface area contributed by atoms with E-state index in [1.165, 1.54) is 12.8 Å². The Morgan fingerprint density at radius 2 is 1.21 bits per heavy atom. The minimum absolute atomic E-state index is 0.0283. The van der Waals surface area contributed by atoms with Gasteiger partial charge in [0.15, 0.2) is 0 Å². The largest absolute Gasteiger partial charge is 0.355 e. The lowest BCUT2D eigenvalue weighted by Gasteiger charge is -2.02.